The lowest BCUT2D eigenvalue weighted by Crippen LogP contribution is -2.11. The van der Waals surface area contributed by atoms with Gasteiger partial charge in [-0.2, -0.15) is 13.2 Å². The van der Waals surface area contributed by atoms with E-state index in [1.54, 1.807) is 0 Å². The predicted octanol–water partition coefficient (Wildman–Crippen LogP) is 2.36. The fourth-order valence-corrected chi connectivity index (χ4v) is 1.55. The third-order valence-electron chi connectivity index (χ3n) is 2.54. The number of carbonyl (C=O) groups is 1. The van der Waals surface area contributed by atoms with Crippen LogP contribution in [0.4, 0.5) is 24.5 Å². The molecule has 0 aliphatic carbocycles. The van der Waals surface area contributed by atoms with Crippen molar-refractivity contribution >= 4 is 17.3 Å². The molecule has 0 bridgehead atoms. The molecule has 0 spiro atoms. The van der Waals surface area contributed by atoms with Crippen molar-refractivity contribution in [2.24, 2.45) is 5.73 Å². The molecule has 7 heteroatoms. The summed E-state index contributed by atoms with van der Waals surface area (Å²) in [5, 5.41) is 2.92. The minimum atomic E-state index is -4.39. The number of rotatable bonds is 6. The molecule has 0 radical (unpaired) electrons. The molecule has 0 aliphatic heterocycles. The number of unbranched alkanes of at least 4 members (excludes halogenated alkanes) is 1. The van der Waals surface area contributed by atoms with Crippen LogP contribution >= 0.6 is 0 Å². The summed E-state index contributed by atoms with van der Waals surface area (Å²) in [6.45, 7) is 0.517. The third-order valence-corrected chi connectivity index (χ3v) is 2.54. The smallest absolute Gasteiger partial charge is 0.397 e. The summed E-state index contributed by atoms with van der Waals surface area (Å²) in [5.41, 5.74) is 10.2. The largest absolute Gasteiger partial charge is 0.416 e. The SMILES string of the molecule is NC(=O)CCCCNc1ccc(C(F)(F)F)cc1N. The fourth-order valence-electron chi connectivity index (χ4n) is 1.55. The lowest BCUT2D eigenvalue weighted by Gasteiger charge is -2.12. The number of primary amides is 1. The van der Waals surface area contributed by atoms with E-state index in [-0.39, 0.29) is 11.6 Å². The standard InChI is InChI=1S/C12H16F3N3O/c13-12(14,15)8-4-5-10(9(16)7-8)18-6-2-1-3-11(17)19/h4-5,7,18H,1-3,6,16H2,(H2,17,19). The number of hydrogen-bond donors (Lipinski definition) is 3. The van der Waals surface area contributed by atoms with Gasteiger partial charge in [-0.05, 0) is 31.0 Å². The van der Waals surface area contributed by atoms with Crippen LogP contribution < -0.4 is 16.8 Å². The van der Waals surface area contributed by atoms with Gasteiger partial charge in [-0.3, -0.25) is 4.79 Å². The predicted molar refractivity (Wildman–Crippen MR) is 67.4 cm³/mol. The van der Waals surface area contributed by atoms with E-state index < -0.39 is 11.7 Å². The Labute approximate surface area is 109 Å². The molecule has 1 aromatic carbocycles. The van der Waals surface area contributed by atoms with Gasteiger partial charge in [0, 0.05) is 13.0 Å². The maximum absolute atomic E-state index is 12.4. The van der Waals surface area contributed by atoms with E-state index >= 15 is 0 Å². The van der Waals surface area contributed by atoms with E-state index in [4.69, 9.17) is 11.5 Å². The van der Waals surface area contributed by atoms with Crippen LogP contribution in [0.1, 0.15) is 24.8 Å². The lowest BCUT2D eigenvalue weighted by atomic mass is 10.1. The number of halogens is 3. The Morgan fingerprint density at radius 1 is 1.26 bits per heavy atom. The Morgan fingerprint density at radius 2 is 1.95 bits per heavy atom. The van der Waals surface area contributed by atoms with Crippen LogP contribution in [0.3, 0.4) is 0 Å². The van der Waals surface area contributed by atoms with Crippen molar-refractivity contribution in [2.45, 2.75) is 25.4 Å². The highest BCUT2D eigenvalue weighted by molar-refractivity contribution is 5.73. The van der Waals surface area contributed by atoms with Crippen LogP contribution in [0.2, 0.25) is 0 Å². The Balaban J connectivity index is 2.49. The number of carbonyl (C=O) groups excluding carboxylic acids is 1. The first-order valence-corrected chi connectivity index (χ1v) is 5.79. The van der Waals surface area contributed by atoms with E-state index in [9.17, 15) is 18.0 Å². The molecular weight excluding hydrogens is 259 g/mol. The number of nitrogens with two attached hydrogens (primary N) is 2. The maximum Gasteiger partial charge on any atom is 0.416 e. The van der Waals surface area contributed by atoms with Crippen LogP contribution in [0.5, 0.6) is 0 Å². The van der Waals surface area contributed by atoms with Crippen LogP contribution in [-0.4, -0.2) is 12.5 Å². The Kier molecular flexibility index (Phi) is 5.02. The molecule has 5 N–H and O–H groups in total. The lowest BCUT2D eigenvalue weighted by molar-refractivity contribution is -0.137. The number of hydrogen-bond acceptors (Lipinski definition) is 3. The molecule has 0 unspecified atom stereocenters. The van der Waals surface area contributed by atoms with Crippen molar-refractivity contribution in [3.8, 4) is 0 Å². The van der Waals surface area contributed by atoms with E-state index in [1.165, 1.54) is 6.07 Å². The first-order valence-electron chi connectivity index (χ1n) is 5.79. The minimum Gasteiger partial charge on any atom is -0.397 e. The average molecular weight is 275 g/mol. The van der Waals surface area contributed by atoms with Crippen LogP contribution in [0, 0.1) is 0 Å². The van der Waals surface area contributed by atoms with Gasteiger partial charge < -0.3 is 16.8 Å². The summed E-state index contributed by atoms with van der Waals surface area (Å²) >= 11 is 0. The van der Waals surface area contributed by atoms with Gasteiger partial charge in [-0.25, -0.2) is 0 Å². The van der Waals surface area contributed by atoms with Gasteiger partial charge in [0.15, 0.2) is 0 Å². The molecule has 106 valence electrons. The van der Waals surface area contributed by atoms with Gasteiger partial charge in [0.05, 0.1) is 16.9 Å². The highest BCUT2D eigenvalue weighted by Gasteiger charge is 2.30. The molecule has 0 fully saturated rings. The van der Waals surface area contributed by atoms with Gasteiger partial charge in [0.2, 0.25) is 5.91 Å². The summed E-state index contributed by atoms with van der Waals surface area (Å²) in [4.78, 5) is 10.5. The monoisotopic (exact) mass is 275 g/mol. The van der Waals surface area contributed by atoms with Crippen molar-refractivity contribution in [2.75, 3.05) is 17.6 Å². The van der Waals surface area contributed by atoms with Crippen molar-refractivity contribution in [1.29, 1.82) is 0 Å². The van der Waals surface area contributed by atoms with E-state index in [0.717, 1.165) is 12.1 Å². The van der Waals surface area contributed by atoms with Gasteiger partial charge in [0.1, 0.15) is 0 Å². The molecule has 19 heavy (non-hydrogen) atoms. The zero-order chi connectivity index (χ0) is 14.5. The molecular formula is C12H16F3N3O. The third kappa shape index (κ3) is 5.07. The van der Waals surface area contributed by atoms with Crippen molar-refractivity contribution < 1.29 is 18.0 Å². The Bertz CT molecular complexity index is 446. The van der Waals surface area contributed by atoms with Crippen LogP contribution in [0.15, 0.2) is 18.2 Å². The molecule has 1 rings (SSSR count). The highest BCUT2D eigenvalue weighted by Crippen LogP contribution is 2.32. The molecule has 0 aromatic heterocycles. The van der Waals surface area contributed by atoms with Crippen molar-refractivity contribution in [3.05, 3.63) is 23.8 Å². The Hall–Kier alpha value is -1.92. The zero-order valence-electron chi connectivity index (χ0n) is 10.3. The molecule has 1 aromatic rings. The fraction of sp³-hybridized carbons (Fsp3) is 0.417. The van der Waals surface area contributed by atoms with Crippen LogP contribution in [0.25, 0.3) is 0 Å². The number of nitrogen functional groups attached to an aromatic ring is 1. The molecule has 4 nitrogen and oxygen atoms in total. The summed E-state index contributed by atoms with van der Waals surface area (Å²) in [7, 11) is 0. The minimum absolute atomic E-state index is 0.0460. The number of alkyl halides is 3. The summed E-state index contributed by atoms with van der Waals surface area (Å²) in [6.07, 6.45) is -2.79. The second kappa shape index (κ2) is 6.31. The topological polar surface area (TPSA) is 81.1 Å². The maximum atomic E-state index is 12.4. The van der Waals surface area contributed by atoms with Gasteiger partial charge >= 0.3 is 6.18 Å². The first-order chi connectivity index (χ1) is 8.80. The van der Waals surface area contributed by atoms with E-state index in [1.807, 2.05) is 0 Å². The van der Waals surface area contributed by atoms with Crippen molar-refractivity contribution in [3.63, 3.8) is 0 Å². The van der Waals surface area contributed by atoms with Gasteiger partial charge in [-0.15, -0.1) is 0 Å². The number of amides is 1. The quantitative estimate of drug-likeness (QED) is 0.550. The first kappa shape index (κ1) is 15.1. The molecule has 0 saturated carbocycles. The number of anilines is 2. The molecule has 0 heterocycles. The number of benzene rings is 1. The van der Waals surface area contributed by atoms with Gasteiger partial charge in [0.25, 0.3) is 0 Å². The molecule has 0 saturated heterocycles. The number of nitrogens with one attached hydrogen (secondary N) is 1. The Morgan fingerprint density at radius 3 is 2.47 bits per heavy atom. The van der Waals surface area contributed by atoms with E-state index in [2.05, 4.69) is 5.32 Å². The second-order valence-corrected chi connectivity index (χ2v) is 4.15. The summed E-state index contributed by atoms with van der Waals surface area (Å²) < 4.78 is 37.2. The van der Waals surface area contributed by atoms with E-state index in [0.29, 0.717) is 31.5 Å². The van der Waals surface area contributed by atoms with Gasteiger partial charge in [-0.1, -0.05) is 0 Å². The normalized spacial score (nSPS) is 11.3. The van der Waals surface area contributed by atoms with Crippen LogP contribution in [-0.2, 0) is 11.0 Å². The average Bonchev–Trinajstić information content (AvgIpc) is 2.28. The summed E-state index contributed by atoms with van der Waals surface area (Å²) in [5.74, 6) is -0.367. The molecule has 1 amide bonds. The highest BCUT2D eigenvalue weighted by atomic mass is 19.4. The zero-order valence-corrected chi connectivity index (χ0v) is 10.3. The van der Waals surface area contributed by atoms with Crippen molar-refractivity contribution in [1.82, 2.24) is 0 Å². The summed E-state index contributed by atoms with van der Waals surface area (Å²) in [6, 6.07) is 3.17. The molecule has 0 atom stereocenters. The molecule has 0 aliphatic rings. The second-order valence-electron chi connectivity index (χ2n) is 4.15.